The summed E-state index contributed by atoms with van der Waals surface area (Å²) in [5.74, 6) is 0. The molecule has 17 heavy (non-hydrogen) atoms. The minimum absolute atomic E-state index is 0.416. The topological polar surface area (TPSA) is 79.0 Å². The molecule has 0 unspecified atom stereocenters. The molecule has 7 heteroatoms. The number of azide groups is 1. The van der Waals surface area contributed by atoms with Crippen LogP contribution in [0.2, 0.25) is 5.15 Å². The summed E-state index contributed by atoms with van der Waals surface area (Å²) in [6.45, 7) is 0.442. The zero-order valence-electron chi connectivity index (χ0n) is 8.86. The van der Waals surface area contributed by atoms with Gasteiger partial charge in [0.1, 0.15) is 5.15 Å². The number of imidazole rings is 1. The number of hydrogen-bond donors (Lipinski definition) is 0. The van der Waals surface area contributed by atoms with Crippen molar-refractivity contribution in [2.45, 2.75) is 6.42 Å². The fourth-order valence-electron chi connectivity index (χ4n) is 1.36. The van der Waals surface area contributed by atoms with E-state index in [0.29, 0.717) is 18.1 Å². The molecular formula is C10H9ClN6. The molecule has 0 aromatic carbocycles. The average Bonchev–Trinajstić information content (AvgIpc) is 2.72. The predicted octanol–water partition coefficient (Wildman–Crippen LogP) is 3.10. The fourth-order valence-corrected chi connectivity index (χ4v) is 1.50. The first-order valence-electron chi connectivity index (χ1n) is 4.99. The summed E-state index contributed by atoms with van der Waals surface area (Å²) in [4.78, 5) is 6.86. The van der Waals surface area contributed by atoms with Crippen molar-refractivity contribution in [3.8, 4) is 0 Å². The Balaban J connectivity index is 2.18. The van der Waals surface area contributed by atoms with Crippen LogP contribution in [0.5, 0.6) is 0 Å². The maximum atomic E-state index is 8.12. The number of aromatic nitrogens is 3. The first kappa shape index (κ1) is 11.4. The lowest BCUT2D eigenvalue weighted by atomic mass is 10.3. The molecule has 0 aliphatic rings. The van der Waals surface area contributed by atoms with Gasteiger partial charge in [-0.25, -0.2) is 9.50 Å². The third-order valence-corrected chi connectivity index (χ3v) is 2.31. The van der Waals surface area contributed by atoms with Crippen LogP contribution in [-0.4, -0.2) is 21.1 Å². The smallest absolute Gasteiger partial charge is 0.154 e. The molecule has 0 aliphatic carbocycles. The standard InChI is InChI=1S/C10H9ClN6/c11-9-4-5-10-13-7-8(17(10)15-9)3-1-2-6-14-16-12/h1,3-5,7H,2,6H2. The van der Waals surface area contributed by atoms with Crippen LogP contribution in [0.1, 0.15) is 12.1 Å². The Morgan fingerprint density at radius 2 is 2.41 bits per heavy atom. The molecule has 0 atom stereocenters. The Hall–Kier alpha value is -2.04. The van der Waals surface area contributed by atoms with Crippen molar-refractivity contribution in [2.75, 3.05) is 6.54 Å². The minimum Gasteiger partial charge on any atom is -0.235 e. The van der Waals surface area contributed by atoms with E-state index in [-0.39, 0.29) is 0 Å². The van der Waals surface area contributed by atoms with E-state index in [1.807, 2.05) is 12.2 Å². The van der Waals surface area contributed by atoms with Gasteiger partial charge in [-0.3, -0.25) is 0 Å². The predicted molar refractivity (Wildman–Crippen MR) is 65.7 cm³/mol. The van der Waals surface area contributed by atoms with Crippen molar-refractivity contribution in [3.05, 3.63) is 45.7 Å². The molecule has 2 heterocycles. The Labute approximate surface area is 102 Å². The summed E-state index contributed by atoms with van der Waals surface area (Å²) in [5.41, 5.74) is 9.69. The van der Waals surface area contributed by atoms with E-state index in [0.717, 1.165) is 11.3 Å². The van der Waals surface area contributed by atoms with E-state index in [2.05, 4.69) is 20.1 Å². The van der Waals surface area contributed by atoms with Gasteiger partial charge >= 0.3 is 0 Å². The van der Waals surface area contributed by atoms with E-state index in [1.54, 1.807) is 22.8 Å². The largest absolute Gasteiger partial charge is 0.235 e. The summed E-state index contributed by atoms with van der Waals surface area (Å²) in [6.07, 6.45) is 6.16. The average molecular weight is 249 g/mol. The third kappa shape index (κ3) is 2.75. The molecule has 86 valence electrons. The summed E-state index contributed by atoms with van der Waals surface area (Å²) >= 11 is 5.81. The highest BCUT2D eigenvalue weighted by Crippen LogP contribution is 2.10. The van der Waals surface area contributed by atoms with Gasteiger partial charge in [0, 0.05) is 11.5 Å². The van der Waals surface area contributed by atoms with Gasteiger partial charge in [-0.05, 0) is 30.2 Å². The van der Waals surface area contributed by atoms with Crippen molar-refractivity contribution >= 4 is 23.3 Å². The molecule has 0 aliphatic heterocycles. The lowest BCUT2D eigenvalue weighted by molar-refractivity contribution is 0.924. The second kappa shape index (κ2) is 5.34. The lowest BCUT2D eigenvalue weighted by Crippen LogP contribution is -1.93. The number of halogens is 1. The molecule has 2 aromatic rings. The van der Waals surface area contributed by atoms with E-state index in [9.17, 15) is 0 Å². The second-order valence-corrected chi connectivity index (χ2v) is 3.64. The minimum atomic E-state index is 0.416. The van der Waals surface area contributed by atoms with E-state index in [4.69, 9.17) is 17.1 Å². The molecule has 0 saturated carbocycles. The Morgan fingerprint density at radius 3 is 3.24 bits per heavy atom. The van der Waals surface area contributed by atoms with Crippen LogP contribution in [0.4, 0.5) is 0 Å². The summed E-state index contributed by atoms with van der Waals surface area (Å²) in [7, 11) is 0. The van der Waals surface area contributed by atoms with E-state index in [1.165, 1.54) is 0 Å². The van der Waals surface area contributed by atoms with Gasteiger partial charge in [0.25, 0.3) is 0 Å². The highest BCUT2D eigenvalue weighted by molar-refractivity contribution is 6.29. The van der Waals surface area contributed by atoms with Gasteiger partial charge < -0.3 is 0 Å². The van der Waals surface area contributed by atoms with Crippen molar-refractivity contribution in [1.29, 1.82) is 0 Å². The first-order chi connectivity index (χ1) is 8.31. The van der Waals surface area contributed by atoms with Gasteiger partial charge in [-0.1, -0.05) is 22.8 Å². The molecule has 6 nitrogen and oxygen atoms in total. The van der Waals surface area contributed by atoms with Gasteiger partial charge in [-0.15, -0.1) is 0 Å². The molecule has 0 fully saturated rings. The van der Waals surface area contributed by atoms with Crippen molar-refractivity contribution in [1.82, 2.24) is 14.6 Å². The third-order valence-electron chi connectivity index (χ3n) is 2.10. The van der Waals surface area contributed by atoms with Crippen LogP contribution < -0.4 is 0 Å². The monoisotopic (exact) mass is 248 g/mol. The Morgan fingerprint density at radius 1 is 1.53 bits per heavy atom. The summed E-state index contributed by atoms with van der Waals surface area (Å²) in [6, 6.07) is 3.49. The van der Waals surface area contributed by atoms with Crippen LogP contribution in [-0.2, 0) is 0 Å². The van der Waals surface area contributed by atoms with Crippen LogP contribution in [0.3, 0.4) is 0 Å². The van der Waals surface area contributed by atoms with Crippen LogP contribution in [0.25, 0.3) is 22.2 Å². The lowest BCUT2D eigenvalue weighted by Gasteiger charge is -1.95. The highest BCUT2D eigenvalue weighted by atomic mass is 35.5. The molecule has 0 amide bonds. The normalized spacial score (nSPS) is 10.9. The zero-order valence-corrected chi connectivity index (χ0v) is 9.62. The van der Waals surface area contributed by atoms with E-state index < -0.39 is 0 Å². The highest BCUT2D eigenvalue weighted by Gasteiger charge is 2.01. The molecule has 0 bridgehead atoms. The van der Waals surface area contributed by atoms with Gasteiger partial charge in [0.2, 0.25) is 0 Å². The van der Waals surface area contributed by atoms with Crippen molar-refractivity contribution in [2.24, 2.45) is 5.11 Å². The first-order valence-corrected chi connectivity index (χ1v) is 5.37. The molecular weight excluding hydrogens is 240 g/mol. The van der Waals surface area contributed by atoms with E-state index >= 15 is 0 Å². The summed E-state index contributed by atoms with van der Waals surface area (Å²) < 4.78 is 1.66. The quantitative estimate of drug-likeness (QED) is 0.361. The maximum Gasteiger partial charge on any atom is 0.154 e. The molecule has 2 rings (SSSR count). The Kier molecular flexibility index (Phi) is 3.59. The summed E-state index contributed by atoms with van der Waals surface area (Å²) in [5, 5.41) is 7.99. The van der Waals surface area contributed by atoms with Gasteiger partial charge in [0.15, 0.2) is 5.65 Å². The number of rotatable bonds is 4. The molecule has 2 aromatic heterocycles. The van der Waals surface area contributed by atoms with Gasteiger partial charge in [0.05, 0.1) is 11.9 Å². The SMILES string of the molecule is [N-]=[N+]=NCCC=Cc1cnc2ccc(Cl)nn12. The van der Waals surface area contributed by atoms with Gasteiger partial charge in [-0.2, -0.15) is 5.10 Å². The van der Waals surface area contributed by atoms with Crippen LogP contribution >= 0.6 is 11.6 Å². The van der Waals surface area contributed by atoms with Crippen LogP contribution in [0, 0.1) is 0 Å². The number of fused-ring (bicyclic) bond motifs is 1. The zero-order chi connectivity index (χ0) is 12.1. The number of nitrogens with zero attached hydrogens (tertiary/aromatic N) is 6. The fraction of sp³-hybridized carbons (Fsp3) is 0.200. The second-order valence-electron chi connectivity index (χ2n) is 3.25. The van der Waals surface area contributed by atoms with Crippen molar-refractivity contribution < 1.29 is 0 Å². The molecule has 0 radical (unpaired) electrons. The molecule has 0 N–H and O–H groups in total. The van der Waals surface area contributed by atoms with Crippen LogP contribution in [0.15, 0.2) is 29.5 Å². The molecule has 0 spiro atoms. The Bertz CT molecular complexity index is 596. The number of hydrogen-bond acceptors (Lipinski definition) is 3. The van der Waals surface area contributed by atoms with Crippen molar-refractivity contribution in [3.63, 3.8) is 0 Å². The maximum absolute atomic E-state index is 8.12. The molecule has 0 saturated heterocycles.